The van der Waals surface area contributed by atoms with Crippen molar-refractivity contribution < 1.29 is 14.2 Å². The van der Waals surface area contributed by atoms with E-state index in [9.17, 15) is 0 Å². The molecule has 1 N–H and O–H groups in total. The zero-order valence-electron chi connectivity index (χ0n) is 16.9. The van der Waals surface area contributed by atoms with Crippen molar-refractivity contribution in [3.05, 3.63) is 42.5 Å². The van der Waals surface area contributed by atoms with Crippen LogP contribution < -0.4 is 14.8 Å². The number of rotatable bonds is 7. The van der Waals surface area contributed by atoms with Crippen LogP contribution >= 0.6 is 0 Å². The molecule has 4 rings (SSSR count). The van der Waals surface area contributed by atoms with Crippen LogP contribution in [-0.4, -0.2) is 68.5 Å². The monoisotopic (exact) mass is 394 g/mol. The molecule has 1 saturated heterocycles. The van der Waals surface area contributed by atoms with Gasteiger partial charge < -0.3 is 19.5 Å². The van der Waals surface area contributed by atoms with E-state index in [2.05, 4.69) is 10.2 Å². The summed E-state index contributed by atoms with van der Waals surface area (Å²) in [6.45, 7) is 5.24. The first-order chi connectivity index (χ1) is 14.3. The van der Waals surface area contributed by atoms with E-state index in [1.165, 1.54) is 0 Å². The topological polar surface area (TPSA) is 68.7 Å². The molecule has 1 aromatic heterocycles. The lowest BCUT2D eigenvalue weighted by Crippen LogP contribution is -2.39. The third-order valence-corrected chi connectivity index (χ3v) is 5.08. The van der Waals surface area contributed by atoms with E-state index in [0.29, 0.717) is 5.82 Å². The lowest BCUT2D eigenvalue weighted by atomic mass is 10.1. The van der Waals surface area contributed by atoms with Gasteiger partial charge in [-0.15, -0.1) is 0 Å². The van der Waals surface area contributed by atoms with Crippen LogP contribution in [0.15, 0.2) is 42.5 Å². The maximum absolute atomic E-state index is 5.58. The van der Waals surface area contributed by atoms with Gasteiger partial charge in [0.05, 0.1) is 38.3 Å². The van der Waals surface area contributed by atoms with E-state index >= 15 is 0 Å². The van der Waals surface area contributed by atoms with Crippen molar-refractivity contribution in [2.24, 2.45) is 0 Å². The third kappa shape index (κ3) is 4.41. The minimum Gasteiger partial charge on any atom is -0.497 e. The Hall–Kier alpha value is -2.90. The van der Waals surface area contributed by atoms with E-state index in [-0.39, 0.29) is 0 Å². The number of aromatic nitrogens is 2. The molecule has 7 heteroatoms. The Kier molecular flexibility index (Phi) is 6.07. The molecule has 1 aliphatic rings. The van der Waals surface area contributed by atoms with E-state index in [4.69, 9.17) is 24.2 Å². The summed E-state index contributed by atoms with van der Waals surface area (Å²) in [5.74, 6) is 3.02. The highest BCUT2D eigenvalue weighted by atomic mass is 16.5. The Morgan fingerprint density at radius 2 is 1.79 bits per heavy atom. The molecule has 0 saturated carbocycles. The van der Waals surface area contributed by atoms with Gasteiger partial charge in [0.2, 0.25) is 0 Å². The molecule has 0 radical (unpaired) electrons. The molecule has 3 aromatic rings. The second kappa shape index (κ2) is 9.07. The highest BCUT2D eigenvalue weighted by Crippen LogP contribution is 2.32. The highest BCUT2D eigenvalue weighted by Gasteiger charge is 2.15. The number of methoxy groups -OCH3 is 2. The van der Waals surface area contributed by atoms with E-state index in [1.54, 1.807) is 14.2 Å². The largest absolute Gasteiger partial charge is 0.497 e. The quantitative estimate of drug-likeness (QED) is 0.660. The van der Waals surface area contributed by atoms with Crippen molar-refractivity contribution in [1.82, 2.24) is 14.9 Å². The second-order valence-electron chi connectivity index (χ2n) is 6.86. The van der Waals surface area contributed by atoms with Crippen molar-refractivity contribution in [3.8, 4) is 22.9 Å². The summed E-state index contributed by atoms with van der Waals surface area (Å²) >= 11 is 0. The molecule has 0 unspecified atom stereocenters. The summed E-state index contributed by atoms with van der Waals surface area (Å²) in [5, 5.41) is 4.40. The Balaban J connectivity index is 1.65. The van der Waals surface area contributed by atoms with Crippen molar-refractivity contribution >= 4 is 16.7 Å². The number of hydrogen-bond acceptors (Lipinski definition) is 7. The highest BCUT2D eigenvalue weighted by molar-refractivity contribution is 5.95. The number of fused-ring (bicyclic) bond motifs is 1. The molecule has 0 spiro atoms. The van der Waals surface area contributed by atoms with Gasteiger partial charge in [-0.1, -0.05) is 6.07 Å². The molecule has 2 aromatic carbocycles. The summed E-state index contributed by atoms with van der Waals surface area (Å²) in [5.41, 5.74) is 1.78. The van der Waals surface area contributed by atoms with Crippen LogP contribution in [0.5, 0.6) is 11.5 Å². The van der Waals surface area contributed by atoms with Gasteiger partial charge in [-0.05, 0) is 36.4 Å². The normalized spacial score (nSPS) is 14.7. The van der Waals surface area contributed by atoms with E-state index < -0.39 is 0 Å². The number of nitrogens with zero attached hydrogens (tertiary/aromatic N) is 3. The Bertz CT molecular complexity index is 956. The average Bonchev–Trinajstić information content (AvgIpc) is 2.79. The van der Waals surface area contributed by atoms with Gasteiger partial charge in [0.25, 0.3) is 0 Å². The molecule has 29 heavy (non-hydrogen) atoms. The predicted octanol–water partition coefficient (Wildman–Crippen LogP) is 3.06. The zero-order valence-corrected chi connectivity index (χ0v) is 16.9. The number of ether oxygens (including phenoxy) is 3. The first kappa shape index (κ1) is 19.4. The molecule has 0 amide bonds. The van der Waals surface area contributed by atoms with Crippen molar-refractivity contribution in [3.63, 3.8) is 0 Å². The molecule has 1 fully saturated rings. The summed E-state index contributed by atoms with van der Waals surface area (Å²) in [6, 6.07) is 13.6. The summed E-state index contributed by atoms with van der Waals surface area (Å²) in [6.07, 6.45) is 0. The minimum absolute atomic E-state index is 0.669. The molecular formula is C22H26N4O3. The van der Waals surface area contributed by atoms with Gasteiger partial charge in [0.15, 0.2) is 5.82 Å². The number of hydrogen-bond donors (Lipinski definition) is 1. The molecule has 1 aliphatic heterocycles. The van der Waals surface area contributed by atoms with Crippen molar-refractivity contribution in [2.75, 3.05) is 58.9 Å². The third-order valence-electron chi connectivity index (χ3n) is 5.08. The van der Waals surface area contributed by atoms with Crippen LogP contribution in [0.4, 0.5) is 5.82 Å². The average molecular weight is 394 g/mol. The summed E-state index contributed by atoms with van der Waals surface area (Å²) in [7, 11) is 3.33. The Morgan fingerprint density at radius 1 is 1.00 bits per heavy atom. The van der Waals surface area contributed by atoms with Gasteiger partial charge in [-0.25, -0.2) is 9.97 Å². The van der Waals surface area contributed by atoms with E-state index in [1.807, 2.05) is 42.5 Å². The van der Waals surface area contributed by atoms with Gasteiger partial charge in [-0.2, -0.15) is 0 Å². The minimum atomic E-state index is 0.669. The first-order valence-corrected chi connectivity index (χ1v) is 9.81. The van der Waals surface area contributed by atoms with Crippen molar-refractivity contribution in [1.29, 1.82) is 0 Å². The number of nitrogens with one attached hydrogen (secondary N) is 1. The van der Waals surface area contributed by atoms with E-state index in [0.717, 1.165) is 73.2 Å². The fourth-order valence-corrected chi connectivity index (χ4v) is 3.48. The molecular weight excluding hydrogens is 368 g/mol. The smallest absolute Gasteiger partial charge is 0.162 e. The van der Waals surface area contributed by atoms with Gasteiger partial charge in [-0.3, -0.25) is 4.90 Å². The standard InChI is InChI=1S/C22H26N4O3/c1-27-17-8-6-16(7-9-17)21-24-18-4-3-5-19(28-2)20(18)22(25-21)23-10-11-26-12-14-29-15-13-26/h3-9H,10-15H2,1-2H3,(H,23,24,25). The number of benzene rings is 2. The molecule has 7 nitrogen and oxygen atoms in total. The van der Waals surface area contributed by atoms with Crippen LogP contribution in [0.2, 0.25) is 0 Å². The van der Waals surface area contributed by atoms with Gasteiger partial charge in [0, 0.05) is 31.7 Å². The van der Waals surface area contributed by atoms with Crippen LogP contribution in [0.1, 0.15) is 0 Å². The molecule has 0 atom stereocenters. The molecule has 0 aliphatic carbocycles. The fourth-order valence-electron chi connectivity index (χ4n) is 3.48. The summed E-state index contributed by atoms with van der Waals surface area (Å²) < 4.78 is 16.3. The number of anilines is 1. The predicted molar refractivity (Wildman–Crippen MR) is 114 cm³/mol. The maximum atomic E-state index is 5.58. The maximum Gasteiger partial charge on any atom is 0.162 e. The van der Waals surface area contributed by atoms with Crippen LogP contribution in [0.25, 0.3) is 22.3 Å². The first-order valence-electron chi connectivity index (χ1n) is 9.81. The number of morpholine rings is 1. The van der Waals surface area contributed by atoms with Gasteiger partial charge >= 0.3 is 0 Å². The summed E-state index contributed by atoms with van der Waals surface area (Å²) in [4.78, 5) is 12.0. The lowest BCUT2D eigenvalue weighted by Gasteiger charge is -2.26. The van der Waals surface area contributed by atoms with Crippen LogP contribution in [0, 0.1) is 0 Å². The van der Waals surface area contributed by atoms with Crippen LogP contribution in [0.3, 0.4) is 0 Å². The van der Waals surface area contributed by atoms with Crippen molar-refractivity contribution in [2.45, 2.75) is 0 Å². The fraction of sp³-hybridized carbons (Fsp3) is 0.364. The van der Waals surface area contributed by atoms with Gasteiger partial charge in [0.1, 0.15) is 17.3 Å². The second-order valence-corrected chi connectivity index (χ2v) is 6.86. The Morgan fingerprint density at radius 3 is 2.52 bits per heavy atom. The SMILES string of the molecule is COc1ccc(-c2nc(NCCN3CCOCC3)c3c(OC)cccc3n2)cc1. The lowest BCUT2D eigenvalue weighted by molar-refractivity contribution is 0.0398. The molecule has 152 valence electrons. The molecule has 2 heterocycles. The molecule has 0 bridgehead atoms. The van der Waals surface area contributed by atoms with Crippen LogP contribution in [-0.2, 0) is 4.74 Å². The Labute approximate surface area is 170 Å². The zero-order chi connectivity index (χ0) is 20.1.